The van der Waals surface area contributed by atoms with Crippen molar-refractivity contribution in [3.63, 3.8) is 0 Å². The second-order valence-corrected chi connectivity index (χ2v) is 4.50. The molecule has 0 atom stereocenters. The Hall–Kier alpha value is -2.17. The lowest BCUT2D eigenvalue weighted by Gasteiger charge is -2.06. The Morgan fingerprint density at radius 3 is 2.68 bits per heavy atom. The second kappa shape index (κ2) is 6.13. The van der Waals surface area contributed by atoms with Gasteiger partial charge in [-0.2, -0.15) is 5.10 Å². The summed E-state index contributed by atoms with van der Waals surface area (Å²) in [5, 5.41) is 7.27. The van der Waals surface area contributed by atoms with Crippen molar-refractivity contribution in [2.45, 2.75) is 26.8 Å². The summed E-state index contributed by atoms with van der Waals surface area (Å²) in [5.74, 6) is -0.0595. The molecule has 2 aromatic heterocycles. The number of amides is 1. The molecule has 0 fully saturated rings. The standard InChI is InChI=1S/C14H18N4O/c1-11-10-12(2)18(17-11)9-3-6-16-14(19)13-4-7-15-8-5-13/h4-5,7-8,10H,3,6,9H2,1-2H3,(H,16,19). The maximum Gasteiger partial charge on any atom is 0.251 e. The molecule has 1 N–H and O–H groups in total. The molecule has 0 saturated carbocycles. The van der Waals surface area contributed by atoms with Gasteiger partial charge < -0.3 is 5.32 Å². The topological polar surface area (TPSA) is 59.8 Å². The first-order valence-corrected chi connectivity index (χ1v) is 6.36. The summed E-state index contributed by atoms with van der Waals surface area (Å²) < 4.78 is 1.97. The zero-order valence-electron chi connectivity index (χ0n) is 11.3. The van der Waals surface area contributed by atoms with Gasteiger partial charge in [0, 0.05) is 36.7 Å². The van der Waals surface area contributed by atoms with Gasteiger partial charge in [-0.1, -0.05) is 0 Å². The van der Waals surface area contributed by atoms with Crippen LogP contribution in [0.15, 0.2) is 30.6 Å². The summed E-state index contributed by atoms with van der Waals surface area (Å²) in [6.45, 7) is 5.47. The molecular formula is C14H18N4O. The first-order chi connectivity index (χ1) is 9.16. The average molecular weight is 258 g/mol. The largest absolute Gasteiger partial charge is 0.352 e. The molecule has 2 rings (SSSR count). The number of carbonyl (C=O) groups excluding carboxylic acids is 1. The number of aryl methyl sites for hydroxylation is 3. The van der Waals surface area contributed by atoms with Crippen molar-refractivity contribution in [3.8, 4) is 0 Å². The van der Waals surface area contributed by atoms with Crippen LogP contribution in [-0.2, 0) is 6.54 Å². The number of pyridine rings is 1. The van der Waals surface area contributed by atoms with Crippen LogP contribution in [-0.4, -0.2) is 27.2 Å². The van der Waals surface area contributed by atoms with Crippen LogP contribution in [0.25, 0.3) is 0 Å². The van der Waals surface area contributed by atoms with Crippen LogP contribution in [0.3, 0.4) is 0 Å². The molecular weight excluding hydrogens is 240 g/mol. The molecule has 0 unspecified atom stereocenters. The lowest BCUT2D eigenvalue weighted by atomic mass is 10.2. The van der Waals surface area contributed by atoms with E-state index >= 15 is 0 Å². The molecule has 0 aromatic carbocycles. The molecule has 19 heavy (non-hydrogen) atoms. The van der Waals surface area contributed by atoms with Crippen LogP contribution >= 0.6 is 0 Å². The lowest BCUT2D eigenvalue weighted by Crippen LogP contribution is -2.25. The summed E-state index contributed by atoms with van der Waals surface area (Å²) in [5.41, 5.74) is 2.82. The Kier molecular flexibility index (Phi) is 4.28. The number of rotatable bonds is 5. The average Bonchev–Trinajstić information content (AvgIpc) is 2.74. The predicted octanol–water partition coefficient (Wildman–Crippen LogP) is 1.72. The van der Waals surface area contributed by atoms with Gasteiger partial charge in [0.25, 0.3) is 5.91 Å². The molecule has 100 valence electrons. The van der Waals surface area contributed by atoms with Crippen molar-refractivity contribution in [2.75, 3.05) is 6.54 Å². The number of aromatic nitrogens is 3. The van der Waals surface area contributed by atoms with Gasteiger partial charge in [0.1, 0.15) is 0 Å². The van der Waals surface area contributed by atoms with E-state index in [4.69, 9.17) is 0 Å². The van der Waals surface area contributed by atoms with Gasteiger partial charge in [-0.25, -0.2) is 0 Å². The molecule has 2 aromatic rings. The summed E-state index contributed by atoms with van der Waals surface area (Å²) in [7, 11) is 0. The molecule has 0 aliphatic carbocycles. The molecule has 0 spiro atoms. The second-order valence-electron chi connectivity index (χ2n) is 4.50. The van der Waals surface area contributed by atoms with Gasteiger partial charge in [-0.05, 0) is 38.5 Å². The molecule has 0 aliphatic heterocycles. The maximum atomic E-state index is 11.8. The smallest absolute Gasteiger partial charge is 0.251 e. The zero-order valence-corrected chi connectivity index (χ0v) is 11.3. The number of nitrogens with one attached hydrogen (secondary N) is 1. The van der Waals surface area contributed by atoms with Crippen LogP contribution in [0.5, 0.6) is 0 Å². The zero-order chi connectivity index (χ0) is 13.7. The van der Waals surface area contributed by atoms with Crippen molar-refractivity contribution in [3.05, 3.63) is 47.5 Å². The molecule has 0 saturated heterocycles. The first-order valence-electron chi connectivity index (χ1n) is 6.36. The molecule has 5 nitrogen and oxygen atoms in total. The Morgan fingerprint density at radius 1 is 1.32 bits per heavy atom. The third kappa shape index (κ3) is 3.64. The maximum absolute atomic E-state index is 11.8. The van der Waals surface area contributed by atoms with E-state index in [0.29, 0.717) is 12.1 Å². The number of nitrogens with zero attached hydrogens (tertiary/aromatic N) is 3. The summed E-state index contributed by atoms with van der Waals surface area (Å²) in [6.07, 6.45) is 4.09. The SMILES string of the molecule is Cc1cc(C)n(CCCNC(=O)c2ccncc2)n1. The minimum absolute atomic E-state index is 0.0595. The summed E-state index contributed by atoms with van der Waals surface area (Å²) >= 11 is 0. The van der Waals surface area contributed by atoms with Gasteiger partial charge in [0.05, 0.1) is 5.69 Å². The van der Waals surface area contributed by atoms with Gasteiger partial charge in [0.2, 0.25) is 0 Å². The lowest BCUT2D eigenvalue weighted by molar-refractivity contribution is 0.0952. The fraction of sp³-hybridized carbons (Fsp3) is 0.357. The molecule has 0 aliphatic rings. The Balaban J connectivity index is 1.75. The summed E-state index contributed by atoms with van der Waals surface area (Å²) in [6, 6.07) is 5.46. The van der Waals surface area contributed by atoms with E-state index in [-0.39, 0.29) is 5.91 Å². The van der Waals surface area contributed by atoms with Crippen LogP contribution in [0.4, 0.5) is 0 Å². The predicted molar refractivity (Wildman–Crippen MR) is 72.9 cm³/mol. The summed E-state index contributed by atoms with van der Waals surface area (Å²) in [4.78, 5) is 15.7. The fourth-order valence-corrected chi connectivity index (χ4v) is 1.94. The Labute approximate surface area is 112 Å². The van der Waals surface area contributed by atoms with Crippen molar-refractivity contribution in [2.24, 2.45) is 0 Å². The highest BCUT2D eigenvalue weighted by Crippen LogP contribution is 2.02. The third-order valence-electron chi connectivity index (χ3n) is 2.88. The third-order valence-corrected chi connectivity index (χ3v) is 2.88. The van der Waals surface area contributed by atoms with Gasteiger partial charge in [0.15, 0.2) is 0 Å². The minimum Gasteiger partial charge on any atom is -0.352 e. The monoisotopic (exact) mass is 258 g/mol. The molecule has 1 amide bonds. The highest BCUT2D eigenvalue weighted by Gasteiger charge is 2.04. The van der Waals surface area contributed by atoms with Crippen LogP contribution in [0, 0.1) is 13.8 Å². The van der Waals surface area contributed by atoms with Crippen molar-refractivity contribution in [1.82, 2.24) is 20.1 Å². The minimum atomic E-state index is -0.0595. The van der Waals surface area contributed by atoms with E-state index in [1.54, 1.807) is 24.5 Å². The number of hydrogen-bond acceptors (Lipinski definition) is 3. The fourth-order valence-electron chi connectivity index (χ4n) is 1.94. The molecule has 0 radical (unpaired) electrons. The van der Waals surface area contributed by atoms with E-state index in [9.17, 15) is 4.79 Å². The van der Waals surface area contributed by atoms with E-state index in [2.05, 4.69) is 21.5 Å². The van der Waals surface area contributed by atoms with Gasteiger partial charge >= 0.3 is 0 Å². The van der Waals surface area contributed by atoms with E-state index in [1.165, 1.54) is 0 Å². The first kappa shape index (κ1) is 13.3. The van der Waals surface area contributed by atoms with Crippen LogP contribution < -0.4 is 5.32 Å². The molecule has 2 heterocycles. The van der Waals surface area contributed by atoms with Crippen molar-refractivity contribution < 1.29 is 4.79 Å². The van der Waals surface area contributed by atoms with E-state index in [0.717, 1.165) is 24.4 Å². The molecule has 5 heteroatoms. The highest BCUT2D eigenvalue weighted by molar-refractivity contribution is 5.93. The van der Waals surface area contributed by atoms with Crippen LogP contribution in [0.2, 0.25) is 0 Å². The van der Waals surface area contributed by atoms with Gasteiger partial charge in [-0.15, -0.1) is 0 Å². The number of carbonyl (C=O) groups is 1. The quantitative estimate of drug-likeness (QED) is 0.831. The van der Waals surface area contributed by atoms with Crippen LogP contribution in [0.1, 0.15) is 28.2 Å². The Bertz CT molecular complexity index is 548. The van der Waals surface area contributed by atoms with E-state index < -0.39 is 0 Å². The Morgan fingerprint density at radius 2 is 2.05 bits per heavy atom. The van der Waals surface area contributed by atoms with Crippen molar-refractivity contribution >= 4 is 5.91 Å². The van der Waals surface area contributed by atoms with E-state index in [1.807, 2.05) is 18.5 Å². The normalized spacial score (nSPS) is 10.4. The van der Waals surface area contributed by atoms with Gasteiger partial charge in [-0.3, -0.25) is 14.5 Å². The highest BCUT2D eigenvalue weighted by atomic mass is 16.1. The number of hydrogen-bond donors (Lipinski definition) is 1. The molecule has 0 bridgehead atoms. The van der Waals surface area contributed by atoms with Crippen molar-refractivity contribution in [1.29, 1.82) is 0 Å².